The first kappa shape index (κ1) is 26.9. The van der Waals surface area contributed by atoms with Crippen molar-refractivity contribution in [2.45, 2.75) is 45.9 Å². The van der Waals surface area contributed by atoms with Crippen LogP contribution in [0.5, 0.6) is 5.75 Å². The molecule has 1 fully saturated rings. The van der Waals surface area contributed by atoms with E-state index in [1.165, 1.54) is 41.5 Å². The van der Waals surface area contributed by atoms with Gasteiger partial charge in [0.05, 0.1) is 23.8 Å². The molecule has 0 radical (unpaired) electrons. The summed E-state index contributed by atoms with van der Waals surface area (Å²) in [6.45, 7) is 2.41. The molecule has 1 saturated heterocycles. The van der Waals surface area contributed by atoms with Crippen molar-refractivity contribution >= 4 is 40.4 Å². The number of carbonyl (C=O) groups excluding carboxylic acids is 2. The van der Waals surface area contributed by atoms with Crippen molar-refractivity contribution < 1.29 is 32.3 Å². The Morgan fingerprint density at radius 3 is 2.72 bits per heavy atom. The second-order valence-corrected chi connectivity index (χ2v) is 10.1. The topological polar surface area (TPSA) is 86.3 Å². The zero-order chi connectivity index (χ0) is 27.5. The SMILES string of the molecule is Cc1cc(C(=O)CSC2=N/C(=C\c3ccco3)C(=O)N2c2ccc(OC(F)F)cc2)c(C)n1C[C@@H]1CCCO1. The molecule has 0 aliphatic carbocycles. The largest absolute Gasteiger partial charge is 0.465 e. The molecule has 1 atom stereocenters. The summed E-state index contributed by atoms with van der Waals surface area (Å²) in [6, 6.07) is 10.9. The van der Waals surface area contributed by atoms with E-state index in [-0.39, 0.29) is 29.1 Å². The van der Waals surface area contributed by atoms with Gasteiger partial charge in [0, 0.05) is 36.2 Å². The van der Waals surface area contributed by atoms with E-state index < -0.39 is 12.5 Å². The van der Waals surface area contributed by atoms with Crippen LogP contribution in [0.25, 0.3) is 6.08 Å². The highest BCUT2D eigenvalue weighted by molar-refractivity contribution is 8.14. The number of ether oxygens (including phenoxy) is 2. The van der Waals surface area contributed by atoms with Crippen LogP contribution < -0.4 is 9.64 Å². The van der Waals surface area contributed by atoms with E-state index >= 15 is 0 Å². The van der Waals surface area contributed by atoms with Gasteiger partial charge in [-0.2, -0.15) is 8.78 Å². The third-order valence-electron chi connectivity index (χ3n) is 6.59. The van der Waals surface area contributed by atoms with Gasteiger partial charge in [0.25, 0.3) is 5.91 Å². The van der Waals surface area contributed by atoms with Gasteiger partial charge in [0.2, 0.25) is 0 Å². The van der Waals surface area contributed by atoms with E-state index in [1.54, 1.807) is 12.1 Å². The molecule has 0 N–H and O–H groups in total. The molecule has 39 heavy (non-hydrogen) atoms. The number of ketones is 1. The van der Waals surface area contributed by atoms with Gasteiger partial charge in [-0.15, -0.1) is 0 Å². The first-order valence-corrected chi connectivity index (χ1v) is 13.5. The quantitative estimate of drug-likeness (QED) is 0.244. The van der Waals surface area contributed by atoms with Crippen molar-refractivity contribution in [3.05, 3.63) is 77.1 Å². The summed E-state index contributed by atoms with van der Waals surface area (Å²) >= 11 is 1.13. The minimum absolute atomic E-state index is 0.0357. The normalized spacial score (nSPS) is 18.4. The van der Waals surface area contributed by atoms with Crippen molar-refractivity contribution in [3.63, 3.8) is 0 Å². The Kier molecular flexibility index (Phi) is 7.99. The highest BCUT2D eigenvalue weighted by Crippen LogP contribution is 2.32. The van der Waals surface area contributed by atoms with E-state index in [0.29, 0.717) is 28.7 Å². The lowest BCUT2D eigenvalue weighted by Crippen LogP contribution is -2.30. The fourth-order valence-electron chi connectivity index (χ4n) is 4.67. The summed E-state index contributed by atoms with van der Waals surface area (Å²) in [5.74, 6) is -0.0623. The fourth-order valence-corrected chi connectivity index (χ4v) is 5.57. The number of hydrogen-bond donors (Lipinski definition) is 0. The Labute approximate surface area is 228 Å². The van der Waals surface area contributed by atoms with Gasteiger partial charge in [-0.1, -0.05) is 11.8 Å². The number of benzene rings is 1. The number of carbonyl (C=O) groups is 2. The highest BCUT2D eigenvalue weighted by atomic mass is 32.2. The number of amides is 1. The molecule has 1 amide bonds. The monoisotopic (exact) mass is 555 g/mol. The molecular formula is C28H27F2N3O5S. The van der Waals surface area contributed by atoms with Crippen LogP contribution in [-0.4, -0.2) is 46.5 Å². The molecule has 11 heteroatoms. The van der Waals surface area contributed by atoms with E-state index in [2.05, 4.69) is 14.3 Å². The van der Waals surface area contributed by atoms with Gasteiger partial charge < -0.3 is 18.5 Å². The van der Waals surface area contributed by atoms with Gasteiger partial charge in [-0.25, -0.2) is 4.99 Å². The predicted molar refractivity (Wildman–Crippen MR) is 144 cm³/mol. The second-order valence-electron chi connectivity index (χ2n) is 9.19. The molecule has 2 aliphatic heterocycles. The third-order valence-corrected chi connectivity index (χ3v) is 7.53. The van der Waals surface area contributed by atoms with Gasteiger partial charge >= 0.3 is 6.61 Å². The molecule has 0 spiro atoms. The number of aliphatic imine (C=N–C) groups is 1. The van der Waals surface area contributed by atoms with Crippen LogP contribution in [0.1, 0.15) is 40.3 Å². The Morgan fingerprint density at radius 1 is 1.26 bits per heavy atom. The maximum Gasteiger partial charge on any atom is 0.387 e. The van der Waals surface area contributed by atoms with Crippen LogP contribution >= 0.6 is 11.8 Å². The molecule has 0 saturated carbocycles. The van der Waals surface area contributed by atoms with Crippen molar-refractivity contribution in [2.75, 3.05) is 17.3 Å². The lowest BCUT2D eigenvalue weighted by molar-refractivity contribution is -0.113. The van der Waals surface area contributed by atoms with Crippen LogP contribution in [-0.2, 0) is 16.1 Å². The van der Waals surface area contributed by atoms with Crippen molar-refractivity contribution in [1.82, 2.24) is 4.57 Å². The van der Waals surface area contributed by atoms with Gasteiger partial charge in [-0.3, -0.25) is 14.5 Å². The maximum atomic E-state index is 13.3. The minimum Gasteiger partial charge on any atom is -0.465 e. The molecule has 4 heterocycles. The standard InChI is InChI=1S/C28H27F2N3O5S/c1-17-13-23(18(2)32(17)15-22-6-4-12-37-22)25(34)16-39-28-31-24(14-21-5-3-11-36-21)26(35)33(28)19-7-9-20(10-8-19)38-27(29)30/h3,5,7-11,13-14,22,27H,4,6,12,15-16H2,1-2H3/b24-14-/t22-/m0/s1. The maximum absolute atomic E-state index is 13.3. The zero-order valence-corrected chi connectivity index (χ0v) is 22.2. The summed E-state index contributed by atoms with van der Waals surface area (Å²) < 4.78 is 42.8. The number of rotatable bonds is 9. The summed E-state index contributed by atoms with van der Waals surface area (Å²) in [5.41, 5.74) is 3.01. The Hall–Kier alpha value is -3.70. The van der Waals surface area contributed by atoms with E-state index in [9.17, 15) is 18.4 Å². The van der Waals surface area contributed by atoms with Gasteiger partial charge in [-0.05, 0) is 69.2 Å². The summed E-state index contributed by atoms with van der Waals surface area (Å²) in [7, 11) is 0. The van der Waals surface area contributed by atoms with E-state index in [1.807, 2.05) is 19.9 Å². The number of aromatic nitrogens is 1. The van der Waals surface area contributed by atoms with Crippen LogP contribution in [0.2, 0.25) is 0 Å². The van der Waals surface area contributed by atoms with E-state index in [4.69, 9.17) is 9.15 Å². The number of aryl methyl sites for hydroxylation is 1. The zero-order valence-electron chi connectivity index (χ0n) is 21.4. The molecule has 5 rings (SSSR count). The number of halogens is 2. The average molecular weight is 556 g/mol. The number of furan rings is 1. The van der Waals surface area contributed by atoms with Gasteiger partial charge in [0.15, 0.2) is 11.0 Å². The molecular weight excluding hydrogens is 528 g/mol. The lowest BCUT2D eigenvalue weighted by atomic mass is 10.2. The van der Waals surface area contributed by atoms with Gasteiger partial charge in [0.1, 0.15) is 17.2 Å². The lowest BCUT2D eigenvalue weighted by Gasteiger charge is -2.18. The molecule has 1 aromatic carbocycles. The molecule has 0 bridgehead atoms. The predicted octanol–water partition coefficient (Wildman–Crippen LogP) is 5.84. The summed E-state index contributed by atoms with van der Waals surface area (Å²) in [4.78, 5) is 32.4. The fraction of sp³-hybridized carbons (Fsp3) is 0.321. The molecule has 204 valence electrons. The number of amidine groups is 1. The summed E-state index contributed by atoms with van der Waals surface area (Å²) in [6.07, 6.45) is 5.19. The first-order valence-electron chi connectivity index (χ1n) is 12.5. The van der Waals surface area contributed by atoms with Crippen LogP contribution in [0.3, 0.4) is 0 Å². The molecule has 0 unspecified atom stereocenters. The minimum atomic E-state index is -2.96. The van der Waals surface area contributed by atoms with E-state index in [0.717, 1.165) is 42.6 Å². The smallest absolute Gasteiger partial charge is 0.387 e. The van der Waals surface area contributed by atoms with Crippen molar-refractivity contribution in [1.29, 1.82) is 0 Å². The number of anilines is 1. The number of Topliss-reactive ketones (excluding diaryl/α,β-unsaturated/α-hetero) is 1. The molecule has 2 aromatic heterocycles. The van der Waals surface area contributed by atoms with Crippen molar-refractivity contribution in [2.24, 2.45) is 4.99 Å². The Bertz CT molecular complexity index is 1410. The molecule has 2 aliphatic rings. The van der Waals surface area contributed by atoms with Crippen molar-refractivity contribution in [3.8, 4) is 5.75 Å². The molecule has 3 aromatic rings. The number of nitrogens with zero attached hydrogens (tertiary/aromatic N) is 3. The van der Waals surface area contributed by atoms with Crippen LogP contribution in [0, 0.1) is 13.8 Å². The summed E-state index contributed by atoms with van der Waals surface area (Å²) in [5, 5.41) is 0.293. The average Bonchev–Trinajstić information content (AvgIpc) is 3.71. The first-order chi connectivity index (χ1) is 18.8. The molecule has 8 nitrogen and oxygen atoms in total. The number of alkyl halides is 2. The third kappa shape index (κ3) is 5.99. The Morgan fingerprint density at radius 2 is 2.05 bits per heavy atom. The highest BCUT2D eigenvalue weighted by Gasteiger charge is 2.33. The second kappa shape index (κ2) is 11.6. The van der Waals surface area contributed by atoms with Crippen LogP contribution in [0.4, 0.5) is 14.5 Å². The Balaban J connectivity index is 1.36. The van der Waals surface area contributed by atoms with Crippen LogP contribution in [0.15, 0.2) is 63.8 Å². The number of thioether (sulfide) groups is 1. The number of hydrogen-bond acceptors (Lipinski definition) is 7.